The lowest BCUT2D eigenvalue weighted by Gasteiger charge is -2.09. The van der Waals surface area contributed by atoms with E-state index in [1.807, 2.05) is 37.3 Å². The normalized spacial score (nSPS) is 10.4. The number of nitrogens with zero attached hydrogens (tertiary/aromatic N) is 1. The predicted molar refractivity (Wildman–Crippen MR) is 79.1 cm³/mol. The van der Waals surface area contributed by atoms with Gasteiger partial charge in [0.1, 0.15) is 5.82 Å². The molecule has 2 nitrogen and oxygen atoms in total. The minimum absolute atomic E-state index is 0.697. The fraction of sp³-hybridized carbons (Fsp3) is 0.0833. The van der Waals surface area contributed by atoms with Gasteiger partial charge in [-0.15, -0.1) is 0 Å². The van der Waals surface area contributed by atoms with Gasteiger partial charge in [-0.3, -0.25) is 0 Å². The van der Waals surface area contributed by atoms with Crippen LogP contribution in [0.25, 0.3) is 0 Å². The van der Waals surface area contributed by atoms with Crippen molar-refractivity contribution in [3.63, 3.8) is 0 Å². The lowest BCUT2D eigenvalue weighted by molar-refractivity contribution is 1.18. The van der Waals surface area contributed by atoms with E-state index in [0.717, 1.165) is 26.1 Å². The van der Waals surface area contributed by atoms with Gasteiger partial charge in [-0.05, 0) is 69.1 Å². The highest BCUT2D eigenvalue weighted by Crippen LogP contribution is 2.28. The third-order valence-electron chi connectivity index (χ3n) is 2.22. The smallest absolute Gasteiger partial charge is 0.130 e. The second-order valence-electron chi connectivity index (χ2n) is 3.51. The van der Waals surface area contributed by atoms with Crippen LogP contribution in [0.3, 0.4) is 0 Å². The third kappa shape index (κ3) is 3.21. The summed E-state index contributed by atoms with van der Waals surface area (Å²) >= 11 is 12.8. The van der Waals surface area contributed by atoms with Crippen molar-refractivity contribution in [1.29, 1.82) is 0 Å². The first kappa shape index (κ1) is 12.9. The number of aryl methyl sites for hydroxylation is 1. The van der Waals surface area contributed by atoms with E-state index >= 15 is 0 Å². The highest BCUT2D eigenvalue weighted by Gasteiger charge is 2.03. The molecule has 0 saturated heterocycles. The Kier molecular flexibility index (Phi) is 4.07. The molecule has 0 spiro atoms. The zero-order chi connectivity index (χ0) is 12.4. The summed E-state index contributed by atoms with van der Waals surface area (Å²) in [5, 5.41) is 3.93. The Labute approximate surface area is 122 Å². The zero-order valence-corrected chi connectivity index (χ0v) is 12.9. The van der Waals surface area contributed by atoms with Gasteiger partial charge in [-0.1, -0.05) is 11.6 Å². The standard InChI is InChI=1S/C12H9Br2ClN2/c1-7-9(13)3-5-12(16-7)17-11-4-2-8(15)6-10(11)14/h2-6H,1H3,(H,16,17). The molecule has 0 aliphatic carbocycles. The van der Waals surface area contributed by atoms with Crippen molar-refractivity contribution in [2.45, 2.75) is 6.92 Å². The Morgan fingerprint density at radius 1 is 1.12 bits per heavy atom. The van der Waals surface area contributed by atoms with Gasteiger partial charge in [-0.2, -0.15) is 0 Å². The van der Waals surface area contributed by atoms with Gasteiger partial charge in [0.15, 0.2) is 0 Å². The highest BCUT2D eigenvalue weighted by atomic mass is 79.9. The van der Waals surface area contributed by atoms with Crippen molar-refractivity contribution >= 4 is 55.0 Å². The van der Waals surface area contributed by atoms with Crippen molar-refractivity contribution in [2.24, 2.45) is 0 Å². The maximum atomic E-state index is 5.89. The topological polar surface area (TPSA) is 24.9 Å². The summed E-state index contributed by atoms with van der Waals surface area (Å²) in [5.74, 6) is 0.800. The van der Waals surface area contributed by atoms with Gasteiger partial charge in [0, 0.05) is 14.0 Å². The molecule has 2 rings (SSSR count). The number of anilines is 2. The molecular weight excluding hydrogens is 367 g/mol. The molecule has 0 fully saturated rings. The number of hydrogen-bond acceptors (Lipinski definition) is 2. The van der Waals surface area contributed by atoms with Crippen LogP contribution in [-0.4, -0.2) is 4.98 Å². The molecule has 0 bridgehead atoms. The number of aromatic nitrogens is 1. The maximum absolute atomic E-state index is 5.89. The van der Waals surface area contributed by atoms with E-state index < -0.39 is 0 Å². The predicted octanol–water partition coefficient (Wildman–Crippen LogP) is 5.31. The van der Waals surface area contributed by atoms with Crippen LogP contribution < -0.4 is 5.32 Å². The fourth-order valence-electron chi connectivity index (χ4n) is 1.34. The molecule has 17 heavy (non-hydrogen) atoms. The van der Waals surface area contributed by atoms with Crippen LogP contribution in [-0.2, 0) is 0 Å². The Bertz CT molecular complexity index is 558. The van der Waals surface area contributed by atoms with Gasteiger partial charge in [0.25, 0.3) is 0 Å². The van der Waals surface area contributed by atoms with Crippen molar-refractivity contribution < 1.29 is 0 Å². The molecule has 5 heteroatoms. The molecule has 88 valence electrons. The van der Waals surface area contributed by atoms with Gasteiger partial charge < -0.3 is 5.32 Å². The molecule has 2 aromatic rings. The van der Waals surface area contributed by atoms with Crippen molar-refractivity contribution in [1.82, 2.24) is 4.98 Å². The van der Waals surface area contributed by atoms with Crippen molar-refractivity contribution in [3.05, 3.63) is 50.0 Å². The summed E-state index contributed by atoms with van der Waals surface area (Å²) < 4.78 is 1.91. The second-order valence-corrected chi connectivity index (χ2v) is 5.66. The first-order chi connectivity index (χ1) is 8.06. The van der Waals surface area contributed by atoms with E-state index in [1.165, 1.54) is 0 Å². The average Bonchev–Trinajstić information content (AvgIpc) is 2.27. The summed E-state index contributed by atoms with van der Waals surface area (Å²) in [6.45, 7) is 1.95. The fourth-order valence-corrected chi connectivity index (χ4v) is 2.35. The van der Waals surface area contributed by atoms with Crippen LogP contribution in [0.4, 0.5) is 11.5 Å². The van der Waals surface area contributed by atoms with Crippen LogP contribution in [0.5, 0.6) is 0 Å². The van der Waals surface area contributed by atoms with Crippen molar-refractivity contribution in [2.75, 3.05) is 5.32 Å². The summed E-state index contributed by atoms with van der Waals surface area (Å²) in [6, 6.07) is 9.47. The van der Waals surface area contributed by atoms with E-state index in [2.05, 4.69) is 42.2 Å². The Morgan fingerprint density at radius 3 is 2.53 bits per heavy atom. The molecule has 0 radical (unpaired) electrons. The molecule has 0 atom stereocenters. The second kappa shape index (κ2) is 5.38. The molecule has 0 saturated carbocycles. The first-order valence-electron chi connectivity index (χ1n) is 4.91. The molecule has 1 heterocycles. The summed E-state index contributed by atoms with van der Waals surface area (Å²) in [4.78, 5) is 4.42. The molecular formula is C12H9Br2ClN2. The lowest BCUT2D eigenvalue weighted by Crippen LogP contribution is -1.96. The quantitative estimate of drug-likeness (QED) is 0.768. The minimum atomic E-state index is 0.697. The minimum Gasteiger partial charge on any atom is -0.339 e. The Balaban J connectivity index is 2.28. The van der Waals surface area contributed by atoms with Crippen LogP contribution in [0.1, 0.15) is 5.69 Å². The molecule has 1 N–H and O–H groups in total. The summed E-state index contributed by atoms with van der Waals surface area (Å²) in [5.41, 5.74) is 1.88. The van der Waals surface area contributed by atoms with Crippen LogP contribution in [0.2, 0.25) is 5.02 Å². The summed E-state index contributed by atoms with van der Waals surface area (Å²) in [6.07, 6.45) is 0. The Hall–Kier alpha value is -0.580. The van der Waals surface area contributed by atoms with Gasteiger partial charge in [0.05, 0.1) is 11.4 Å². The van der Waals surface area contributed by atoms with Crippen molar-refractivity contribution in [3.8, 4) is 0 Å². The number of benzene rings is 1. The van der Waals surface area contributed by atoms with Gasteiger partial charge in [0.2, 0.25) is 0 Å². The Morgan fingerprint density at radius 2 is 1.88 bits per heavy atom. The van der Waals surface area contributed by atoms with E-state index in [9.17, 15) is 0 Å². The number of nitrogens with one attached hydrogen (secondary N) is 1. The molecule has 0 aliphatic rings. The van der Waals surface area contributed by atoms with Crippen LogP contribution in [0, 0.1) is 6.92 Å². The largest absolute Gasteiger partial charge is 0.339 e. The van der Waals surface area contributed by atoms with E-state index in [1.54, 1.807) is 0 Å². The average molecular weight is 376 g/mol. The highest BCUT2D eigenvalue weighted by molar-refractivity contribution is 9.10. The van der Waals surface area contributed by atoms with Crippen LogP contribution >= 0.6 is 43.5 Å². The molecule has 0 unspecified atom stereocenters. The zero-order valence-electron chi connectivity index (χ0n) is 8.97. The molecule has 1 aromatic heterocycles. The number of pyridine rings is 1. The number of hydrogen-bond donors (Lipinski definition) is 1. The SMILES string of the molecule is Cc1nc(Nc2ccc(Cl)cc2Br)ccc1Br. The molecule has 0 aliphatic heterocycles. The van der Waals surface area contributed by atoms with E-state index in [-0.39, 0.29) is 0 Å². The first-order valence-corrected chi connectivity index (χ1v) is 6.88. The van der Waals surface area contributed by atoms with Gasteiger partial charge in [-0.25, -0.2) is 4.98 Å². The molecule has 0 amide bonds. The molecule has 1 aromatic carbocycles. The lowest BCUT2D eigenvalue weighted by atomic mass is 10.3. The summed E-state index contributed by atoms with van der Waals surface area (Å²) in [7, 11) is 0. The number of halogens is 3. The maximum Gasteiger partial charge on any atom is 0.130 e. The van der Waals surface area contributed by atoms with E-state index in [4.69, 9.17) is 11.6 Å². The monoisotopic (exact) mass is 374 g/mol. The van der Waals surface area contributed by atoms with Gasteiger partial charge >= 0.3 is 0 Å². The third-order valence-corrected chi connectivity index (χ3v) is 3.94. The van der Waals surface area contributed by atoms with E-state index in [0.29, 0.717) is 5.02 Å². The number of rotatable bonds is 2. The van der Waals surface area contributed by atoms with Crippen LogP contribution in [0.15, 0.2) is 39.3 Å².